The number of carboxylic acids is 1. The fraction of sp³-hybridized carbons (Fsp3) is 0.100. The second-order valence-corrected chi connectivity index (χ2v) is 3.96. The average Bonchev–Trinajstić information content (AvgIpc) is 2.17. The third kappa shape index (κ3) is 1.70. The molecule has 0 spiro atoms. The van der Waals surface area contributed by atoms with Gasteiger partial charge < -0.3 is 5.11 Å². The molecular weight excluding hydrogens is 260 g/mol. The topological polar surface area (TPSA) is 63.1 Å². The summed E-state index contributed by atoms with van der Waals surface area (Å²) in [7, 11) is 0. The first kappa shape index (κ1) is 10.0. The molecule has 0 saturated heterocycles. The molecule has 0 aliphatic rings. The molecular formula is C10H7BrN2O2. The summed E-state index contributed by atoms with van der Waals surface area (Å²) in [5, 5.41) is 8.98. The van der Waals surface area contributed by atoms with Crippen LogP contribution in [0.3, 0.4) is 0 Å². The number of hydrogen-bond donors (Lipinski definition) is 1. The van der Waals surface area contributed by atoms with Crippen molar-refractivity contribution in [2.45, 2.75) is 6.92 Å². The van der Waals surface area contributed by atoms with E-state index in [-0.39, 0.29) is 5.56 Å². The molecule has 0 atom stereocenters. The Bertz CT molecular complexity index is 554. The van der Waals surface area contributed by atoms with Crippen molar-refractivity contribution >= 4 is 32.9 Å². The molecule has 0 bridgehead atoms. The molecule has 0 aliphatic heterocycles. The number of hydrogen-bond acceptors (Lipinski definition) is 3. The predicted molar refractivity (Wildman–Crippen MR) is 58.9 cm³/mol. The SMILES string of the molecule is Cc1cnc2c(Br)ccc(C(=O)O)c2n1. The lowest BCUT2D eigenvalue weighted by Gasteiger charge is -2.03. The summed E-state index contributed by atoms with van der Waals surface area (Å²) in [5.74, 6) is -0.993. The van der Waals surface area contributed by atoms with Gasteiger partial charge in [-0.2, -0.15) is 0 Å². The van der Waals surface area contributed by atoms with Crippen LogP contribution in [0.25, 0.3) is 11.0 Å². The van der Waals surface area contributed by atoms with Crippen LogP contribution in [0.15, 0.2) is 22.8 Å². The monoisotopic (exact) mass is 266 g/mol. The molecule has 0 amide bonds. The lowest BCUT2D eigenvalue weighted by Crippen LogP contribution is -2.00. The smallest absolute Gasteiger partial charge is 0.337 e. The summed E-state index contributed by atoms with van der Waals surface area (Å²) in [6.45, 7) is 1.78. The van der Waals surface area contributed by atoms with Gasteiger partial charge in [0.1, 0.15) is 11.0 Å². The van der Waals surface area contributed by atoms with Crippen LogP contribution in [0.4, 0.5) is 0 Å². The van der Waals surface area contributed by atoms with E-state index in [0.29, 0.717) is 16.7 Å². The second-order valence-electron chi connectivity index (χ2n) is 3.11. The Labute approximate surface area is 94.1 Å². The molecule has 1 heterocycles. The van der Waals surface area contributed by atoms with E-state index in [0.717, 1.165) is 4.47 Å². The van der Waals surface area contributed by atoms with Crippen LogP contribution in [-0.2, 0) is 0 Å². The fourth-order valence-corrected chi connectivity index (χ4v) is 1.75. The summed E-state index contributed by atoms with van der Waals surface area (Å²) >= 11 is 3.31. The van der Waals surface area contributed by atoms with E-state index >= 15 is 0 Å². The second kappa shape index (κ2) is 3.58. The molecule has 2 aromatic rings. The maximum atomic E-state index is 11.0. The zero-order valence-electron chi connectivity index (χ0n) is 7.86. The molecule has 1 aromatic carbocycles. The maximum absolute atomic E-state index is 11.0. The summed E-state index contributed by atoms with van der Waals surface area (Å²) in [5.41, 5.74) is 1.85. The summed E-state index contributed by atoms with van der Waals surface area (Å²) < 4.78 is 0.745. The number of halogens is 1. The Hall–Kier alpha value is -1.49. The molecule has 0 aliphatic carbocycles. The molecule has 0 fully saturated rings. The molecule has 1 aromatic heterocycles. The number of benzene rings is 1. The van der Waals surface area contributed by atoms with E-state index in [1.54, 1.807) is 19.2 Å². The molecule has 4 nitrogen and oxygen atoms in total. The Morgan fingerprint density at radius 1 is 1.40 bits per heavy atom. The van der Waals surface area contributed by atoms with E-state index < -0.39 is 5.97 Å². The number of fused-ring (bicyclic) bond motifs is 1. The van der Waals surface area contributed by atoms with Gasteiger partial charge in [0.05, 0.1) is 11.3 Å². The van der Waals surface area contributed by atoms with Gasteiger partial charge in [0, 0.05) is 10.7 Å². The zero-order chi connectivity index (χ0) is 11.0. The van der Waals surface area contributed by atoms with Gasteiger partial charge in [0.2, 0.25) is 0 Å². The Morgan fingerprint density at radius 3 is 2.80 bits per heavy atom. The highest BCUT2D eigenvalue weighted by Gasteiger charge is 2.12. The van der Waals surface area contributed by atoms with Gasteiger partial charge in [-0.15, -0.1) is 0 Å². The minimum Gasteiger partial charge on any atom is -0.478 e. The van der Waals surface area contributed by atoms with Crippen LogP contribution in [0, 0.1) is 6.92 Å². The molecule has 0 unspecified atom stereocenters. The molecule has 2 rings (SSSR count). The number of aromatic carboxylic acids is 1. The van der Waals surface area contributed by atoms with Gasteiger partial charge in [-0.3, -0.25) is 4.98 Å². The van der Waals surface area contributed by atoms with Crippen LogP contribution < -0.4 is 0 Å². The van der Waals surface area contributed by atoms with Crippen LogP contribution in [-0.4, -0.2) is 21.0 Å². The number of nitrogens with zero attached hydrogens (tertiary/aromatic N) is 2. The van der Waals surface area contributed by atoms with E-state index in [1.807, 2.05) is 0 Å². The van der Waals surface area contributed by atoms with Crippen molar-refractivity contribution in [3.63, 3.8) is 0 Å². The van der Waals surface area contributed by atoms with Gasteiger partial charge >= 0.3 is 5.97 Å². The minimum absolute atomic E-state index is 0.171. The molecule has 76 valence electrons. The van der Waals surface area contributed by atoms with Crippen molar-refractivity contribution in [1.82, 2.24) is 9.97 Å². The van der Waals surface area contributed by atoms with Crippen LogP contribution in [0.5, 0.6) is 0 Å². The lowest BCUT2D eigenvalue weighted by molar-refractivity contribution is 0.0699. The van der Waals surface area contributed by atoms with Crippen molar-refractivity contribution in [3.8, 4) is 0 Å². The van der Waals surface area contributed by atoms with Gasteiger partial charge in [0.15, 0.2) is 0 Å². The van der Waals surface area contributed by atoms with Gasteiger partial charge in [0.25, 0.3) is 0 Å². The first-order valence-electron chi connectivity index (χ1n) is 4.25. The summed E-state index contributed by atoms with van der Waals surface area (Å²) in [6.07, 6.45) is 1.61. The molecule has 1 N–H and O–H groups in total. The number of carboxylic acid groups (broad SMARTS) is 1. The van der Waals surface area contributed by atoms with Gasteiger partial charge in [-0.05, 0) is 35.0 Å². The summed E-state index contributed by atoms with van der Waals surface area (Å²) in [6, 6.07) is 3.18. The molecule has 15 heavy (non-hydrogen) atoms. The number of aryl methyl sites for hydroxylation is 1. The first-order chi connectivity index (χ1) is 7.09. The third-order valence-corrected chi connectivity index (χ3v) is 2.64. The third-order valence-electron chi connectivity index (χ3n) is 2.00. The minimum atomic E-state index is -0.993. The molecule has 0 saturated carbocycles. The first-order valence-corrected chi connectivity index (χ1v) is 5.04. The van der Waals surface area contributed by atoms with Crippen LogP contribution in [0.2, 0.25) is 0 Å². The summed E-state index contributed by atoms with van der Waals surface area (Å²) in [4.78, 5) is 19.3. The number of aromatic nitrogens is 2. The maximum Gasteiger partial charge on any atom is 0.337 e. The highest BCUT2D eigenvalue weighted by molar-refractivity contribution is 9.10. The highest BCUT2D eigenvalue weighted by atomic mass is 79.9. The Balaban J connectivity index is 2.90. The van der Waals surface area contributed by atoms with Crippen molar-refractivity contribution in [2.75, 3.05) is 0 Å². The van der Waals surface area contributed by atoms with Crippen molar-refractivity contribution in [1.29, 1.82) is 0 Å². The largest absolute Gasteiger partial charge is 0.478 e. The number of rotatable bonds is 1. The zero-order valence-corrected chi connectivity index (χ0v) is 9.45. The quantitative estimate of drug-likeness (QED) is 0.861. The Kier molecular flexibility index (Phi) is 2.40. The van der Waals surface area contributed by atoms with E-state index in [1.165, 1.54) is 6.07 Å². The van der Waals surface area contributed by atoms with Crippen LogP contribution in [0.1, 0.15) is 16.1 Å². The van der Waals surface area contributed by atoms with E-state index in [9.17, 15) is 4.79 Å². The van der Waals surface area contributed by atoms with Crippen molar-refractivity contribution < 1.29 is 9.90 Å². The Morgan fingerprint density at radius 2 is 2.13 bits per heavy atom. The fourth-order valence-electron chi connectivity index (χ4n) is 1.33. The van der Waals surface area contributed by atoms with Crippen molar-refractivity contribution in [2.24, 2.45) is 0 Å². The normalized spacial score (nSPS) is 10.5. The predicted octanol–water partition coefficient (Wildman–Crippen LogP) is 2.40. The van der Waals surface area contributed by atoms with Crippen molar-refractivity contribution in [3.05, 3.63) is 34.1 Å². The van der Waals surface area contributed by atoms with E-state index in [2.05, 4.69) is 25.9 Å². The molecule has 5 heteroatoms. The van der Waals surface area contributed by atoms with Crippen LogP contribution >= 0.6 is 15.9 Å². The lowest BCUT2D eigenvalue weighted by atomic mass is 10.2. The van der Waals surface area contributed by atoms with Gasteiger partial charge in [-0.1, -0.05) is 0 Å². The average molecular weight is 267 g/mol. The number of carbonyl (C=O) groups is 1. The molecule has 0 radical (unpaired) electrons. The standard InChI is InChI=1S/C10H7BrN2O2/c1-5-4-12-9-7(11)3-2-6(10(14)15)8(9)13-5/h2-4H,1H3,(H,14,15). The van der Waals surface area contributed by atoms with E-state index in [4.69, 9.17) is 5.11 Å². The van der Waals surface area contributed by atoms with Gasteiger partial charge in [-0.25, -0.2) is 9.78 Å². The highest BCUT2D eigenvalue weighted by Crippen LogP contribution is 2.23.